The number of carbonyl (C=O) groups is 1. The van der Waals surface area contributed by atoms with Crippen molar-refractivity contribution in [3.63, 3.8) is 0 Å². The van der Waals surface area contributed by atoms with E-state index in [1.54, 1.807) is 0 Å². The Morgan fingerprint density at radius 2 is 1.91 bits per heavy atom. The largest absolute Gasteiger partial charge is 0.326 e. The molecule has 0 spiro atoms. The molecule has 0 saturated heterocycles. The topological polar surface area (TPSA) is 110 Å². The van der Waals surface area contributed by atoms with E-state index in [4.69, 9.17) is 0 Å². The van der Waals surface area contributed by atoms with E-state index in [2.05, 4.69) is 15.1 Å². The summed E-state index contributed by atoms with van der Waals surface area (Å²) in [6, 6.07) is 12.7. The van der Waals surface area contributed by atoms with Gasteiger partial charge in [0.15, 0.2) is 0 Å². The van der Waals surface area contributed by atoms with Crippen molar-refractivity contribution in [3.8, 4) is 0 Å². The van der Waals surface area contributed by atoms with Gasteiger partial charge in [0.1, 0.15) is 11.6 Å². The molecule has 0 unspecified atom stereocenters. The van der Waals surface area contributed by atoms with Crippen molar-refractivity contribution in [1.29, 1.82) is 0 Å². The summed E-state index contributed by atoms with van der Waals surface area (Å²) >= 11 is 1.43. The van der Waals surface area contributed by atoms with Crippen LogP contribution in [-0.4, -0.2) is 24.0 Å². The molecule has 4 rings (SSSR count). The molecule has 0 radical (unpaired) electrons. The summed E-state index contributed by atoms with van der Waals surface area (Å²) in [5.41, 5.74) is -0.0487. The summed E-state index contributed by atoms with van der Waals surface area (Å²) in [6.45, 7) is 1.34. The summed E-state index contributed by atoms with van der Waals surface area (Å²) < 4.78 is 40.5. The van der Waals surface area contributed by atoms with E-state index < -0.39 is 21.4 Å². The fourth-order valence-electron chi connectivity index (χ4n) is 3.08. The first-order valence-corrected chi connectivity index (χ1v) is 11.7. The first-order valence-electron chi connectivity index (χ1n) is 9.37. The van der Waals surface area contributed by atoms with Crippen LogP contribution in [0.5, 0.6) is 0 Å². The Bertz CT molecular complexity index is 1460. The first kappa shape index (κ1) is 21.7. The van der Waals surface area contributed by atoms with Gasteiger partial charge in [-0.05, 0) is 53.9 Å². The molecule has 32 heavy (non-hydrogen) atoms. The van der Waals surface area contributed by atoms with Crippen LogP contribution in [0.2, 0.25) is 0 Å². The predicted octanol–water partition coefficient (Wildman–Crippen LogP) is 3.08. The van der Waals surface area contributed by atoms with Gasteiger partial charge in [0.25, 0.3) is 15.6 Å². The zero-order chi connectivity index (χ0) is 22.9. The lowest BCUT2D eigenvalue weighted by Crippen LogP contribution is -2.36. The van der Waals surface area contributed by atoms with Crippen molar-refractivity contribution >= 4 is 43.9 Å². The highest BCUT2D eigenvalue weighted by atomic mass is 32.2. The molecule has 1 amide bonds. The Morgan fingerprint density at radius 1 is 1.16 bits per heavy atom. The molecular weight excluding hydrogens is 455 g/mol. The van der Waals surface area contributed by atoms with Gasteiger partial charge in [-0.2, -0.15) is 13.1 Å². The molecular formula is C21H17FN4O4S2. The van der Waals surface area contributed by atoms with Crippen LogP contribution in [0.25, 0.3) is 10.9 Å². The highest BCUT2D eigenvalue weighted by Gasteiger charge is 2.20. The summed E-state index contributed by atoms with van der Waals surface area (Å²) in [7, 11) is -4.19. The third kappa shape index (κ3) is 4.53. The number of nitrogens with zero attached hydrogens (tertiary/aromatic N) is 2. The lowest BCUT2D eigenvalue weighted by Gasteiger charge is -2.15. The molecule has 8 nitrogen and oxygen atoms in total. The second kappa shape index (κ2) is 8.52. The number of thiophene rings is 1. The van der Waals surface area contributed by atoms with Crippen molar-refractivity contribution in [3.05, 3.63) is 86.8 Å². The third-order valence-electron chi connectivity index (χ3n) is 4.51. The standard InChI is InChI=1S/C21H17FN4O4S2/c1-13(27)23-15-5-7-17(8-6-15)32(29,30)25-26-20(12-16-3-2-10-31-16)24-19-9-4-14(22)11-18(19)21(26)28/h2-11,25H,12H2,1H3,(H,23,27). The minimum Gasteiger partial charge on any atom is -0.326 e. The Kier molecular flexibility index (Phi) is 5.76. The van der Waals surface area contributed by atoms with Crippen LogP contribution in [-0.2, 0) is 21.2 Å². The normalized spacial score (nSPS) is 11.4. The number of hydrogen-bond acceptors (Lipinski definition) is 6. The predicted molar refractivity (Wildman–Crippen MR) is 120 cm³/mol. The van der Waals surface area contributed by atoms with Gasteiger partial charge in [-0.1, -0.05) is 6.07 Å². The average molecular weight is 473 g/mol. The van der Waals surface area contributed by atoms with Crippen molar-refractivity contribution < 1.29 is 17.6 Å². The molecule has 0 saturated carbocycles. The minimum atomic E-state index is -4.19. The van der Waals surface area contributed by atoms with Crippen molar-refractivity contribution in [2.45, 2.75) is 18.2 Å². The van der Waals surface area contributed by atoms with E-state index in [1.165, 1.54) is 54.7 Å². The van der Waals surface area contributed by atoms with Gasteiger partial charge in [0, 0.05) is 23.9 Å². The van der Waals surface area contributed by atoms with E-state index in [1.807, 2.05) is 17.5 Å². The molecule has 2 N–H and O–H groups in total. The van der Waals surface area contributed by atoms with Gasteiger partial charge in [0.2, 0.25) is 5.91 Å². The molecule has 4 aromatic rings. The lowest BCUT2D eigenvalue weighted by atomic mass is 10.2. The number of fused-ring (bicyclic) bond motifs is 1. The number of carbonyl (C=O) groups excluding carboxylic acids is 1. The number of nitrogens with one attached hydrogen (secondary N) is 2. The van der Waals surface area contributed by atoms with E-state index in [-0.39, 0.29) is 34.0 Å². The summed E-state index contributed by atoms with van der Waals surface area (Å²) in [6.07, 6.45) is 0.199. The highest BCUT2D eigenvalue weighted by Crippen LogP contribution is 2.18. The van der Waals surface area contributed by atoms with Gasteiger partial charge in [0.05, 0.1) is 15.8 Å². The van der Waals surface area contributed by atoms with Crippen molar-refractivity contribution in [2.24, 2.45) is 0 Å². The summed E-state index contributed by atoms with van der Waals surface area (Å²) in [4.78, 5) is 31.7. The molecule has 2 aromatic carbocycles. The smallest absolute Gasteiger partial charge is 0.280 e. The molecule has 0 aliphatic heterocycles. The molecule has 2 aromatic heterocycles. The number of hydrogen-bond donors (Lipinski definition) is 2. The fraction of sp³-hybridized carbons (Fsp3) is 0.0952. The molecule has 0 aliphatic rings. The number of anilines is 1. The number of rotatable bonds is 6. The molecule has 0 bridgehead atoms. The van der Waals surface area contributed by atoms with E-state index in [0.717, 1.165) is 15.6 Å². The van der Waals surface area contributed by atoms with E-state index in [9.17, 15) is 22.4 Å². The Labute approximate surface area is 186 Å². The maximum atomic E-state index is 13.7. The van der Waals surface area contributed by atoms with Gasteiger partial charge in [-0.15, -0.1) is 11.3 Å². The van der Waals surface area contributed by atoms with Gasteiger partial charge >= 0.3 is 0 Å². The minimum absolute atomic E-state index is 0.0522. The Hall–Kier alpha value is -3.57. The van der Waals surface area contributed by atoms with Gasteiger partial charge in [-0.25, -0.2) is 14.2 Å². The quantitative estimate of drug-likeness (QED) is 0.448. The highest BCUT2D eigenvalue weighted by molar-refractivity contribution is 7.92. The number of sulfonamides is 1. The van der Waals surface area contributed by atoms with E-state index in [0.29, 0.717) is 5.69 Å². The molecule has 164 valence electrons. The third-order valence-corrected chi connectivity index (χ3v) is 6.70. The molecule has 0 atom stereocenters. The Balaban J connectivity index is 1.78. The van der Waals surface area contributed by atoms with Crippen LogP contribution < -0.4 is 15.7 Å². The van der Waals surface area contributed by atoms with Crippen LogP contribution in [0.1, 0.15) is 17.6 Å². The second-order valence-electron chi connectivity index (χ2n) is 6.89. The second-order valence-corrected chi connectivity index (χ2v) is 9.58. The van der Waals surface area contributed by atoms with Crippen LogP contribution in [0.15, 0.2) is 69.7 Å². The molecule has 0 aliphatic carbocycles. The maximum Gasteiger partial charge on any atom is 0.280 e. The zero-order valence-corrected chi connectivity index (χ0v) is 18.3. The van der Waals surface area contributed by atoms with Crippen LogP contribution in [0, 0.1) is 5.82 Å². The van der Waals surface area contributed by atoms with E-state index >= 15 is 0 Å². The Morgan fingerprint density at radius 3 is 2.56 bits per heavy atom. The van der Waals surface area contributed by atoms with Crippen molar-refractivity contribution in [2.75, 3.05) is 10.1 Å². The van der Waals surface area contributed by atoms with Gasteiger partial charge < -0.3 is 5.32 Å². The van der Waals surface area contributed by atoms with Crippen LogP contribution >= 0.6 is 11.3 Å². The summed E-state index contributed by atoms with van der Waals surface area (Å²) in [5, 5.41) is 4.35. The fourth-order valence-corrected chi connectivity index (χ4v) is 4.81. The van der Waals surface area contributed by atoms with Crippen molar-refractivity contribution in [1.82, 2.24) is 9.66 Å². The average Bonchev–Trinajstić information content (AvgIpc) is 3.24. The van der Waals surface area contributed by atoms with Gasteiger partial charge in [-0.3, -0.25) is 9.59 Å². The maximum absolute atomic E-state index is 13.7. The number of benzene rings is 2. The monoisotopic (exact) mass is 472 g/mol. The lowest BCUT2D eigenvalue weighted by molar-refractivity contribution is -0.114. The summed E-state index contributed by atoms with van der Waals surface area (Å²) in [5.74, 6) is -0.765. The zero-order valence-electron chi connectivity index (χ0n) is 16.7. The molecule has 11 heteroatoms. The van der Waals surface area contributed by atoms with Crippen LogP contribution in [0.3, 0.4) is 0 Å². The SMILES string of the molecule is CC(=O)Nc1ccc(S(=O)(=O)Nn2c(Cc3cccs3)nc3ccc(F)cc3c2=O)cc1. The molecule has 0 fully saturated rings. The number of aromatic nitrogens is 2. The number of halogens is 1. The number of amides is 1. The molecule has 2 heterocycles. The first-order chi connectivity index (χ1) is 15.2. The van der Waals surface area contributed by atoms with Crippen LogP contribution in [0.4, 0.5) is 10.1 Å².